The van der Waals surface area contributed by atoms with Crippen LogP contribution in [0.5, 0.6) is 0 Å². The van der Waals surface area contributed by atoms with Crippen molar-refractivity contribution in [1.29, 1.82) is 0 Å². The Morgan fingerprint density at radius 1 is 0.787 bits per heavy atom. The number of aliphatic hydroxyl groups excluding tert-OH is 2. The number of aliphatic carboxylic acids is 1. The average Bonchev–Trinajstić information content (AvgIpc) is 4.04. The van der Waals surface area contributed by atoms with Gasteiger partial charge in [-0.2, -0.15) is 14.9 Å². The van der Waals surface area contributed by atoms with Crippen molar-refractivity contribution in [1.82, 2.24) is 28.6 Å². The zero-order valence-corrected chi connectivity index (χ0v) is 39.8. The number of piperidine rings is 2. The Balaban J connectivity index is 0.000000233. The topological polar surface area (TPSA) is 240 Å². The van der Waals surface area contributed by atoms with Gasteiger partial charge in [0.2, 0.25) is 20.0 Å². The largest absolute Gasteiger partial charge is 0.481 e. The maximum atomic E-state index is 13.0. The van der Waals surface area contributed by atoms with Crippen LogP contribution in [0.15, 0.2) is 36.4 Å². The Morgan fingerprint density at radius 3 is 1.67 bits per heavy atom. The van der Waals surface area contributed by atoms with Crippen molar-refractivity contribution >= 4 is 89.4 Å². The Bertz CT molecular complexity index is 2290. The lowest BCUT2D eigenvalue weighted by molar-refractivity contribution is -0.148. The number of thiophene rings is 2. The summed E-state index contributed by atoms with van der Waals surface area (Å²) < 4.78 is 52.4. The number of H-pyrrole nitrogens is 1. The number of carbonyl (C=O) groups excluding carboxylic acids is 1. The number of aromatic nitrogens is 4. The summed E-state index contributed by atoms with van der Waals surface area (Å²) in [6, 6.07) is 11.5. The number of hydrogen-bond acceptors (Lipinski definition) is 14. The van der Waals surface area contributed by atoms with Gasteiger partial charge in [0.05, 0.1) is 64.0 Å². The van der Waals surface area contributed by atoms with Gasteiger partial charge in [-0.3, -0.25) is 14.7 Å². The smallest absolute Gasteiger partial charge is 0.311 e. The number of carbonyl (C=O) groups is 2. The lowest BCUT2D eigenvalue weighted by Crippen LogP contribution is -2.37. The molecule has 0 spiro atoms. The molecule has 0 bridgehead atoms. The maximum Gasteiger partial charge on any atom is 0.311 e. The fraction of sp³-hybridized carbons (Fsp3) is 0.579. The van der Waals surface area contributed by atoms with Crippen LogP contribution in [0.2, 0.25) is 8.67 Å². The molecule has 2 aliphatic heterocycles. The molecule has 0 unspecified atom stereocenters. The molecular weight excluding hydrogens is 912 g/mol. The van der Waals surface area contributed by atoms with Gasteiger partial charge >= 0.3 is 5.97 Å². The van der Waals surface area contributed by atoms with E-state index >= 15 is 0 Å². The fourth-order valence-corrected chi connectivity index (χ4v) is 9.97. The van der Waals surface area contributed by atoms with E-state index in [2.05, 4.69) is 25.9 Å². The van der Waals surface area contributed by atoms with Gasteiger partial charge in [-0.05, 0) is 77.6 Å². The lowest BCUT2D eigenvalue weighted by Gasteiger charge is -2.29. The molecule has 340 valence electrons. The molecule has 0 saturated carbocycles. The number of carboxylic acids is 1. The molecule has 23 heteroatoms. The molecule has 0 aliphatic carbocycles. The number of sulfonamides is 2. The van der Waals surface area contributed by atoms with Gasteiger partial charge in [-0.1, -0.05) is 23.2 Å². The summed E-state index contributed by atoms with van der Waals surface area (Å²) in [6.07, 6.45) is 5.40. The van der Waals surface area contributed by atoms with Crippen LogP contribution >= 0.6 is 45.9 Å². The molecule has 2 aliphatic rings. The van der Waals surface area contributed by atoms with Crippen LogP contribution in [-0.4, -0.2) is 125 Å². The number of hydrogen-bond donors (Lipinski definition) is 6. The number of rotatable bonds is 14. The van der Waals surface area contributed by atoms with Crippen molar-refractivity contribution in [3.8, 4) is 0 Å². The van der Waals surface area contributed by atoms with Crippen LogP contribution in [0.25, 0.3) is 0 Å². The lowest BCUT2D eigenvalue weighted by atomic mass is 9.94. The Morgan fingerprint density at radius 2 is 1.26 bits per heavy atom. The Kier molecular flexibility index (Phi) is 17.8. The molecule has 0 amide bonds. The van der Waals surface area contributed by atoms with Gasteiger partial charge in [-0.15, -0.1) is 22.7 Å². The summed E-state index contributed by atoms with van der Waals surface area (Å²) in [5, 5.41) is 44.7. The van der Waals surface area contributed by atoms with Gasteiger partial charge in [0.15, 0.2) is 0 Å². The van der Waals surface area contributed by atoms with E-state index in [1.165, 1.54) is 46.7 Å². The van der Waals surface area contributed by atoms with E-state index in [0.717, 1.165) is 44.1 Å². The summed E-state index contributed by atoms with van der Waals surface area (Å²) in [7, 11) is -6.28. The number of anilines is 2. The van der Waals surface area contributed by atoms with Crippen molar-refractivity contribution in [2.45, 2.75) is 78.3 Å². The third kappa shape index (κ3) is 14.7. The first kappa shape index (κ1) is 50.5. The van der Waals surface area contributed by atoms with E-state index in [0.29, 0.717) is 68.2 Å². The van der Waals surface area contributed by atoms with E-state index < -0.39 is 36.8 Å². The minimum absolute atomic E-state index is 0.0611. The van der Waals surface area contributed by atoms with E-state index in [1.54, 1.807) is 29.5 Å². The number of halogens is 2. The van der Waals surface area contributed by atoms with Crippen LogP contribution in [-0.2, 0) is 37.9 Å². The summed E-state index contributed by atoms with van der Waals surface area (Å²) >= 11 is 14.9. The number of nitrogens with one attached hydrogen (secondary N) is 3. The highest BCUT2D eigenvalue weighted by molar-refractivity contribution is 7.88. The molecule has 4 aromatic heterocycles. The van der Waals surface area contributed by atoms with Gasteiger partial charge in [0.1, 0.15) is 11.6 Å². The van der Waals surface area contributed by atoms with Gasteiger partial charge in [-0.25, -0.2) is 25.4 Å². The normalized spacial score (nSPS) is 16.3. The summed E-state index contributed by atoms with van der Waals surface area (Å²) in [4.78, 5) is 25.3. The number of nitrogens with zero attached hydrogens (tertiary/aromatic N) is 5. The summed E-state index contributed by atoms with van der Waals surface area (Å²) in [6.45, 7) is 8.84. The average molecular weight is 968 g/mol. The number of aromatic amines is 1. The molecule has 0 atom stereocenters. The minimum Gasteiger partial charge on any atom is -0.481 e. The van der Waals surface area contributed by atoms with Crippen LogP contribution in [0.1, 0.15) is 91.2 Å². The first-order valence-electron chi connectivity index (χ1n) is 19.4. The summed E-state index contributed by atoms with van der Waals surface area (Å²) in [5.74, 6) is 0.455. The molecule has 2 fully saturated rings. The standard InChI is InChI=1S/C19H27ClN4O4S2.C14H19ClN4O2S2.C5H10O3/c1-19(2,12-25)18(26)24-17(21-11-14-4-5-16(20)29-14)10-15(22-24)13-6-8-23(9-7-13)30(3,27)28;1-23(20,21)19-6-4-10(5-7-19)12-8-14(18-17-12)16-9-11-2-3-13(15)22-11;1-5(2,3-6)4(7)8/h4-5,10,13,21,25H,6-9,11-12H2,1-3H3;2-3,8,10H,4-7,9H2,1H3,(H2,16,17,18);6H,3H2,1-2H3,(H,7,8). The Labute approximate surface area is 375 Å². The van der Waals surface area contributed by atoms with Gasteiger partial charge in [0, 0.05) is 65.6 Å². The molecule has 2 saturated heterocycles. The zero-order chi connectivity index (χ0) is 45.3. The molecule has 6 rings (SSSR count). The van der Waals surface area contributed by atoms with Crippen LogP contribution in [0, 0.1) is 10.8 Å². The molecule has 6 N–H and O–H groups in total. The van der Waals surface area contributed by atoms with Crippen molar-refractivity contribution in [3.05, 3.63) is 66.2 Å². The highest BCUT2D eigenvalue weighted by atomic mass is 35.5. The molecule has 6 heterocycles. The predicted octanol–water partition coefficient (Wildman–Crippen LogP) is 5.97. The minimum atomic E-state index is -3.20. The monoisotopic (exact) mass is 966 g/mol. The molecule has 4 aromatic rings. The molecular formula is C38H56Cl2N8O9S4. The third-order valence-electron chi connectivity index (χ3n) is 10.3. The maximum absolute atomic E-state index is 13.0. The summed E-state index contributed by atoms with van der Waals surface area (Å²) in [5.41, 5.74) is -0.159. The van der Waals surface area contributed by atoms with E-state index in [4.69, 9.17) is 33.4 Å². The van der Waals surface area contributed by atoms with Crippen molar-refractivity contribution in [3.63, 3.8) is 0 Å². The van der Waals surface area contributed by atoms with Gasteiger partial charge in [0.25, 0.3) is 5.91 Å². The number of carboxylic acid groups (broad SMARTS) is 1. The second-order valence-electron chi connectivity index (χ2n) is 16.3. The van der Waals surface area contributed by atoms with E-state index in [9.17, 15) is 31.5 Å². The van der Waals surface area contributed by atoms with Crippen molar-refractivity contribution in [2.75, 3.05) is 62.5 Å². The first-order chi connectivity index (χ1) is 28.4. The zero-order valence-electron chi connectivity index (χ0n) is 35.0. The SMILES string of the molecule is CC(C)(CO)C(=O)O.CC(C)(CO)C(=O)n1nc(C2CCN(S(C)(=O)=O)CC2)cc1NCc1ccc(Cl)s1.CS(=O)(=O)N1CCC(c2cc(NCc3ccc(Cl)s3)n[nH]2)CC1. The quantitative estimate of drug-likeness (QED) is 0.0855. The predicted molar refractivity (Wildman–Crippen MR) is 241 cm³/mol. The van der Waals surface area contributed by atoms with Crippen LogP contribution < -0.4 is 10.6 Å². The highest BCUT2D eigenvalue weighted by Crippen LogP contribution is 2.33. The van der Waals surface area contributed by atoms with Gasteiger partial charge < -0.3 is 26.0 Å². The van der Waals surface area contributed by atoms with Crippen molar-refractivity contribution < 1.29 is 41.7 Å². The van der Waals surface area contributed by atoms with Crippen LogP contribution in [0.4, 0.5) is 11.6 Å². The molecule has 0 radical (unpaired) electrons. The third-order valence-corrected chi connectivity index (χ3v) is 15.4. The highest BCUT2D eigenvalue weighted by Gasteiger charge is 2.33. The second-order valence-corrected chi connectivity index (χ2v) is 23.8. The molecule has 17 nitrogen and oxygen atoms in total. The Hall–Kier alpha value is -3.12. The second kappa shape index (κ2) is 21.5. The fourth-order valence-electron chi connectivity index (χ4n) is 6.17. The molecule has 61 heavy (non-hydrogen) atoms. The van der Waals surface area contributed by atoms with Crippen molar-refractivity contribution in [2.24, 2.45) is 10.8 Å². The van der Waals surface area contributed by atoms with E-state index in [-0.39, 0.29) is 25.0 Å². The first-order valence-corrected chi connectivity index (χ1v) is 25.5. The molecule has 0 aromatic carbocycles. The van der Waals surface area contributed by atoms with E-state index in [1.807, 2.05) is 36.4 Å². The van der Waals surface area contributed by atoms with Crippen LogP contribution in [0.3, 0.4) is 0 Å². The number of aliphatic hydroxyl groups is 2.